The van der Waals surface area contributed by atoms with E-state index < -0.39 is 28.5 Å². The van der Waals surface area contributed by atoms with Crippen LogP contribution in [0.5, 0.6) is 0 Å². The zero-order chi connectivity index (χ0) is 25.7. The number of halogens is 2. The molecule has 0 aliphatic rings. The summed E-state index contributed by atoms with van der Waals surface area (Å²) >= 11 is 12.4. The number of benzene rings is 4. The number of amides is 1. The van der Waals surface area contributed by atoms with Crippen molar-refractivity contribution in [3.8, 4) is 0 Å². The molecule has 1 amide bonds. The van der Waals surface area contributed by atoms with Crippen molar-refractivity contribution >= 4 is 44.8 Å². The van der Waals surface area contributed by atoms with Crippen molar-refractivity contribution in [2.24, 2.45) is 0 Å². The van der Waals surface area contributed by atoms with Gasteiger partial charge in [0.15, 0.2) is 0 Å². The molecule has 1 unspecified atom stereocenters. The fraction of sp³-hybridized carbons (Fsp3) is 0.107. The Balaban J connectivity index is 1.71. The van der Waals surface area contributed by atoms with Gasteiger partial charge in [0.25, 0.3) is 10.0 Å². The lowest BCUT2D eigenvalue weighted by atomic mass is 9.97. The van der Waals surface area contributed by atoms with Gasteiger partial charge in [-0.3, -0.25) is 9.10 Å². The van der Waals surface area contributed by atoms with E-state index in [0.29, 0.717) is 0 Å². The predicted molar refractivity (Wildman–Crippen MR) is 145 cm³/mol. The normalized spacial score (nSPS) is 12.1. The van der Waals surface area contributed by atoms with Gasteiger partial charge in [-0.15, -0.1) is 0 Å². The molecule has 4 aromatic rings. The molecule has 184 valence electrons. The van der Waals surface area contributed by atoms with Crippen molar-refractivity contribution < 1.29 is 13.2 Å². The number of nitrogens with zero attached hydrogens (tertiary/aromatic N) is 1. The van der Waals surface area contributed by atoms with Gasteiger partial charge in [0.2, 0.25) is 5.91 Å². The zero-order valence-corrected chi connectivity index (χ0v) is 21.8. The topological polar surface area (TPSA) is 66.5 Å². The highest BCUT2D eigenvalue weighted by Crippen LogP contribution is 2.30. The molecule has 0 saturated carbocycles. The summed E-state index contributed by atoms with van der Waals surface area (Å²) in [6, 6.07) is 29.2. The van der Waals surface area contributed by atoms with Crippen molar-refractivity contribution in [2.75, 3.05) is 10.8 Å². The smallest absolute Gasteiger partial charge is 0.264 e. The van der Waals surface area contributed by atoms with Crippen LogP contribution in [0, 0.1) is 6.92 Å². The molecule has 8 heteroatoms. The second kappa shape index (κ2) is 11.2. The first-order chi connectivity index (χ1) is 17.2. The molecule has 0 saturated heterocycles. The fourth-order valence-electron chi connectivity index (χ4n) is 3.91. The van der Waals surface area contributed by atoms with Crippen LogP contribution < -0.4 is 9.62 Å². The number of aryl methyl sites for hydroxylation is 1. The van der Waals surface area contributed by atoms with E-state index in [1.54, 1.807) is 18.2 Å². The number of anilines is 1. The third kappa shape index (κ3) is 6.08. The maximum Gasteiger partial charge on any atom is 0.264 e. The molecule has 0 heterocycles. The summed E-state index contributed by atoms with van der Waals surface area (Å²) in [5, 5.41) is 3.53. The Morgan fingerprint density at radius 1 is 0.806 bits per heavy atom. The van der Waals surface area contributed by atoms with E-state index in [-0.39, 0.29) is 20.6 Å². The van der Waals surface area contributed by atoms with Crippen LogP contribution in [0.15, 0.2) is 108 Å². The van der Waals surface area contributed by atoms with Gasteiger partial charge in [0, 0.05) is 10.0 Å². The second-order valence-electron chi connectivity index (χ2n) is 8.28. The average molecular weight is 539 g/mol. The Morgan fingerprint density at radius 2 is 1.39 bits per heavy atom. The summed E-state index contributed by atoms with van der Waals surface area (Å²) in [6.07, 6.45) is 0. The van der Waals surface area contributed by atoms with Crippen LogP contribution in [-0.2, 0) is 14.8 Å². The van der Waals surface area contributed by atoms with Crippen LogP contribution in [-0.4, -0.2) is 20.9 Å². The van der Waals surface area contributed by atoms with Crippen LogP contribution in [0.3, 0.4) is 0 Å². The number of carbonyl (C=O) groups is 1. The minimum absolute atomic E-state index is 0.0483. The van der Waals surface area contributed by atoms with Gasteiger partial charge in [-0.1, -0.05) is 102 Å². The van der Waals surface area contributed by atoms with Crippen LogP contribution in [0.4, 0.5) is 5.69 Å². The number of hydrogen-bond donors (Lipinski definition) is 1. The van der Waals surface area contributed by atoms with Gasteiger partial charge in [0.05, 0.1) is 16.6 Å². The lowest BCUT2D eigenvalue weighted by Gasteiger charge is -2.26. The monoisotopic (exact) mass is 538 g/mol. The van der Waals surface area contributed by atoms with Gasteiger partial charge in [-0.05, 0) is 48.4 Å². The largest absolute Gasteiger partial charge is 0.344 e. The average Bonchev–Trinajstić information content (AvgIpc) is 2.86. The van der Waals surface area contributed by atoms with Gasteiger partial charge in [-0.2, -0.15) is 0 Å². The number of sulfonamides is 1. The lowest BCUT2D eigenvalue weighted by molar-refractivity contribution is -0.120. The van der Waals surface area contributed by atoms with Crippen molar-refractivity contribution in [1.82, 2.24) is 5.32 Å². The van der Waals surface area contributed by atoms with Crippen LogP contribution in [0.25, 0.3) is 0 Å². The molecule has 0 fully saturated rings. The highest BCUT2D eigenvalue weighted by atomic mass is 35.5. The Hall–Kier alpha value is -3.32. The standard InChI is InChI=1S/C28H24Cl2N2O3S/c1-20-9-8-12-22(15-20)28(21-10-4-2-5-11-21)31-27(33)19-32(25-17-23(29)16-24(30)18-25)36(34,35)26-13-6-3-7-14-26/h2-18,28H,19H2,1H3,(H,31,33). The van der Waals surface area contributed by atoms with E-state index in [0.717, 1.165) is 21.0 Å². The van der Waals surface area contributed by atoms with Gasteiger partial charge >= 0.3 is 0 Å². The van der Waals surface area contributed by atoms with E-state index in [1.165, 1.54) is 30.3 Å². The fourth-order valence-corrected chi connectivity index (χ4v) is 5.85. The first-order valence-electron chi connectivity index (χ1n) is 11.2. The van der Waals surface area contributed by atoms with Gasteiger partial charge < -0.3 is 5.32 Å². The third-order valence-corrected chi connectivity index (χ3v) is 7.79. The quantitative estimate of drug-likeness (QED) is 0.282. The number of nitrogens with one attached hydrogen (secondary N) is 1. The Bertz CT molecular complexity index is 1440. The van der Waals surface area contributed by atoms with E-state index in [9.17, 15) is 13.2 Å². The SMILES string of the molecule is Cc1cccc(C(NC(=O)CN(c2cc(Cl)cc(Cl)c2)S(=O)(=O)c2ccccc2)c2ccccc2)c1. The van der Waals surface area contributed by atoms with E-state index >= 15 is 0 Å². The molecule has 0 aliphatic carbocycles. The van der Waals surface area contributed by atoms with E-state index in [4.69, 9.17) is 23.2 Å². The van der Waals surface area contributed by atoms with Gasteiger partial charge in [-0.25, -0.2) is 8.42 Å². The molecule has 0 aliphatic heterocycles. The molecule has 0 spiro atoms. The summed E-state index contributed by atoms with van der Waals surface area (Å²) in [5.74, 6) is -0.485. The highest BCUT2D eigenvalue weighted by molar-refractivity contribution is 7.92. The summed E-state index contributed by atoms with van der Waals surface area (Å²) in [7, 11) is -4.10. The van der Waals surface area contributed by atoms with Crippen LogP contribution in [0.1, 0.15) is 22.7 Å². The van der Waals surface area contributed by atoms with Crippen molar-refractivity contribution in [3.63, 3.8) is 0 Å². The molecule has 0 aromatic heterocycles. The Morgan fingerprint density at radius 3 is 2.00 bits per heavy atom. The molecular formula is C28H24Cl2N2O3S. The molecule has 4 rings (SSSR count). The molecule has 0 radical (unpaired) electrons. The molecule has 1 N–H and O–H groups in total. The summed E-state index contributed by atoms with van der Waals surface area (Å²) in [6.45, 7) is 1.51. The Kier molecular flexibility index (Phi) is 7.99. The molecular weight excluding hydrogens is 515 g/mol. The summed E-state index contributed by atoms with van der Waals surface area (Å²) in [4.78, 5) is 13.5. The summed E-state index contributed by atoms with van der Waals surface area (Å²) in [5.41, 5.74) is 3.00. The van der Waals surface area contributed by atoms with Crippen molar-refractivity contribution in [2.45, 2.75) is 17.9 Å². The zero-order valence-electron chi connectivity index (χ0n) is 19.4. The van der Waals surface area contributed by atoms with Crippen LogP contribution >= 0.6 is 23.2 Å². The predicted octanol–water partition coefficient (Wildman–Crippen LogP) is 6.40. The van der Waals surface area contributed by atoms with Crippen molar-refractivity contribution in [3.05, 3.63) is 130 Å². The minimum Gasteiger partial charge on any atom is -0.344 e. The molecule has 4 aromatic carbocycles. The second-order valence-corrected chi connectivity index (χ2v) is 11.0. The number of carbonyl (C=O) groups excluding carboxylic acids is 1. The molecule has 0 bridgehead atoms. The Labute approximate surface area is 221 Å². The minimum atomic E-state index is -4.10. The number of hydrogen-bond acceptors (Lipinski definition) is 3. The third-order valence-electron chi connectivity index (χ3n) is 5.57. The van der Waals surface area contributed by atoms with E-state index in [2.05, 4.69) is 5.32 Å². The first-order valence-corrected chi connectivity index (χ1v) is 13.4. The molecule has 36 heavy (non-hydrogen) atoms. The van der Waals surface area contributed by atoms with E-state index in [1.807, 2.05) is 61.5 Å². The first kappa shape index (κ1) is 25.8. The lowest BCUT2D eigenvalue weighted by Crippen LogP contribution is -2.42. The maximum absolute atomic E-state index is 13.6. The molecule has 1 atom stereocenters. The molecule has 5 nitrogen and oxygen atoms in total. The highest BCUT2D eigenvalue weighted by Gasteiger charge is 2.29. The van der Waals surface area contributed by atoms with Gasteiger partial charge in [0.1, 0.15) is 6.54 Å². The maximum atomic E-state index is 13.6. The van der Waals surface area contributed by atoms with Crippen molar-refractivity contribution in [1.29, 1.82) is 0 Å². The van der Waals surface area contributed by atoms with Crippen LogP contribution in [0.2, 0.25) is 10.0 Å². The number of rotatable bonds is 8. The summed E-state index contributed by atoms with van der Waals surface area (Å²) < 4.78 is 28.3.